The van der Waals surface area contributed by atoms with Crippen LogP contribution in [0.15, 0.2) is 47.0 Å². The fourth-order valence-electron chi connectivity index (χ4n) is 2.08. The molecule has 0 spiro atoms. The third-order valence-corrected chi connectivity index (χ3v) is 3.12. The second kappa shape index (κ2) is 5.80. The van der Waals surface area contributed by atoms with Crippen LogP contribution in [0.25, 0.3) is 11.3 Å². The number of hydrogen-bond donors (Lipinski definition) is 3. The number of ether oxygens (including phenoxy) is 1. The van der Waals surface area contributed by atoms with Crippen LogP contribution >= 0.6 is 0 Å². The first-order chi connectivity index (χ1) is 11.4. The molecule has 1 heterocycles. The molecule has 0 saturated heterocycles. The van der Waals surface area contributed by atoms with Crippen LogP contribution in [0.4, 0.5) is 11.5 Å². The van der Waals surface area contributed by atoms with Gasteiger partial charge < -0.3 is 25.2 Å². The molecule has 0 bridgehead atoms. The van der Waals surface area contributed by atoms with Crippen molar-refractivity contribution in [3.63, 3.8) is 0 Å². The smallest absolute Gasteiger partial charge is 0.269 e. The van der Waals surface area contributed by atoms with Crippen LogP contribution in [0.5, 0.6) is 23.0 Å². The largest absolute Gasteiger partial charge is 0.508 e. The summed E-state index contributed by atoms with van der Waals surface area (Å²) in [5.41, 5.74) is 5.54. The molecule has 122 valence electrons. The summed E-state index contributed by atoms with van der Waals surface area (Å²) in [5, 5.41) is 33.9. The van der Waals surface area contributed by atoms with E-state index < -0.39 is 4.92 Å². The number of nitro groups is 1. The molecule has 9 nitrogen and oxygen atoms in total. The van der Waals surface area contributed by atoms with Crippen LogP contribution < -0.4 is 10.5 Å². The van der Waals surface area contributed by atoms with E-state index in [9.17, 15) is 20.3 Å². The topological polar surface area (TPSA) is 145 Å². The Bertz CT molecular complexity index is 904. The minimum absolute atomic E-state index is 0.0671. The highest BCUT2D eigenvalue weighted by molar-refractivity contribution is 5.75. The summed E-state index contributed by atoms with van der Waals surface area (Å²) in [4.78, 5) is 10.1. The quantitative estimate of drug-likeness (QED) is 0.489. The fourth-order valence-corrected chi connectivity index (χ4v) is 2.08. The third kappa shape index (κ3) is 2.90. The second-order valence-electron chi connectivity index (χ2n) is 4.81. The number of rotatable bonds is 4. The van der Waals surface area contributed by atoms with Crippen LogP contribution in [0.3, 0.4) is 0 Å². The van der Waals surface area contributed by atoms with E-state index in [-0.39, 0.29) is 45.8 Å². The number of phenolic OH excluding ortho intramolecular Hbond substituents is 2. The van der Waals surface area contributed by atoms with Gasteiger partial charge in [0, 0.05) is 30.3 Å². The second-order valence-corrected chi connectivity index (χ2v) is 4.81. The van der Waals surface area contributed by atoms with E-state index in [1.165, 1.54) is 36.4 Å². The van der Waals surface area contributed by atoms with Crippen LogP contribution in [0.2, 0.25) is 0 Å². The average Bonchev–Trinajstić information content (AvgIpc) is 2.93. The molecule has 0 unspecified atom stereocenters. The van der Waals surface area contributed by atoms with Gasteiger partial charge in [0.2, 0.25) is 0 Å². The van der Waals surface area contributed by atoms with Gasteiger partial charge in [0.25, 0.3) is 5.69 Å². The monoisotopic (exact) mass is 329 g/mol. The summed E-state index contributed by atoms with van der Waals surface area (Å²) in [7, 11) is 0. The third-order valence-electron chi connectivity index (χ3n) is 3.12. The Balaban J connectivity index is 2.02. The first-order valence-electron chi connectivity index (χ1n) is 6.65. The minimum atomic E-state index is -0.535. The maximum absolute atomic E-state index is 10.7. The molecule has 9 heteroatoms. The molecule has 3 aromatic rings. The van der Waals surface area contributed by atoms with Crippen molar-refractivity contribution in [2.45, 2.75) is 0 Å². The normalized spacial score (nSPS) is 10.5. The van der Waals surface area contributed by atoms with Crippen molar-refractivity contribution in [2.75, 3.05) is 5.73 Å². The molecule has 3 rings (SSSR count). The molecule has 0 radical (unpaired) electrons. The summed E-state index contributed by atoms with van der Waals surface area (Å²) in [5.74, 6) is 0.0428. The molecule has 0 aliphatic rings. The molecular formula is C15H11N3O6. The number of aromatic nitrogens is 1. The van der Waals surface area contributed by atoms with Crippen molar-refractivity contribution in [1.29, 1.82) is 0 Å². The van der Waals surface area contributed by atoms with Gasteiger partial charge in [0.1, 0.15) is 28.6 Å². The predicted molar refractivity (Wildman–Crippen MR) is 82.9 cm³/mol. The van der Waals surface area contributed by atoms with E-state index >= 15 is 0 Å². The lowest BCUT2D eigenvalue weighted by molar-refractivity contribution is -0.384. The number of nitrogens with two attached hydrogens (primary N) is 1. The number of nitro benzene ring substituents is 1. The fraction of sp³-hybridized carbons (Fsp3) is 0. The summed E-state index contributed by atoms with van der Waals surface area (Å²) in [6.45, 7) is 0. The van der Waals surface area contributed by atoms with Crippen LogP contribution in [0, 0.1) is 10.1 Å². The molecule has 0 atom stereocenters. The molecule has 0 aliphatic carbocycles. The van der Waals surface area contributed by atoms with E-state index in [0.717, 1.165) is 6.07 Å². The van der Waals surface area contributed by atoms with Crippen molar-refractivity contribution in [1.82, 2.24) is 5.16 Å². The average molecular weight is 329 g/mol. The van der Waals surface area contributed by atoms with Gasteiger partial charge in [-0.25, -0.2) is 0 Å². The number of benzene rings is 2. The number of non-ortho nitro benzene ring substituents is 1. The highest BCUT2D eigenvalue weighted by atomic mass is 16.6. The Morgan fingerprint density at radius 2 is 1.88 bits per heavy atom. The van der Waals surface area contributed by atoms with Crippen molar-refractivity contribution in [2.24, 2.45) is 0 Å². The van der Waals surface area contributed by atoms with Gasteiger partial charge in [-0.05, 0) is 12.1 Å². The lowest BCUT2D eigenvalue weighted by Crippen LogP contribution is -1.90. The Morgan fingerprint density at radius 3 is 2.46 bits per heavy atom. The van der Waals surface area contributed by atoms with E-state index in [0.29, 0.717) is 0 Å². The maximum Gasteiger partial charge on any atom is 0.269 e. The number of nitrogen functional groups attached to an aromatic ring is 1. The SMILES string of the molecule is Nc1cc(-c2c(O)cc(O)cc2Oc2ccc([N+](=O)[O-])cc2)on1. The highest BCUT2D eigenvalue weighted by Crippen LogP contribution is 2.43. The molecule has 0 amide bonds. The van der Waals surface area contributed by atoms with Gasteiger partial charge in [-0.15, -0.1) is 0 Å². The van der Waals surface area contributed by atoms with Gasteiger partial charge in [0.15, 0.2) is 11.6 Å². The number of phenols is 2. The Kier molecular flexibility index (Phi) is 3.66. The zero-order chi connectivity index (χ0) is 17.3. The van der Waals surface area contributed by atoms with Gasteiger partial charge >= 0.3 is 0 Å². The maximum atomic E-state index is 10.7. The standard InChI is InChI=1S/C15H11N3O6/c16-14-7-13(24-17-14)15-11(20)5-9(19)6-12(15)23-10-3-1-8(2-4-10)18(21)22/h1-7,19-20H,(H2,16,17). The Hall–Kier alpha value is -3.75. The molecule has 24 heavy (non-hydrogen) atoms. The summed E-state index contributed by atoms with van der Waals surface area (Å²) >= 11 is 0. The lowest BCUT2D eigenvalue weighted by Gasteiger charge is -2.11. The molecule has 1 aromatic heterocycles. The van der Waals surface area contributed by atoms with E-state index in [1.807, 2.05) is 0 Å². The molecule has 0 aliphatic heterocycles. The lowest BCUT2D eigenvalue weighted by atomic mass is 10.1. The zero-order valence-electron chi connectivity index (χ0n) is 12.0. The number of nitrogens with zero attached hydrogens (tertiary/aromatic N) is 2. The van der Waals surface area contributed by atoms with Gasteiger partial charge in [-0.3, -0.25) is 10.1 Å². The van der Waals surface area contributed by atoms with Crippen molar-refractivity contribution in [3.05, 3.63) is 52.6 Å². The first-order valence-corrected chi connectivity index (χ1v) is 6.65. The van der Waals surface area contributed by atoms with Gasteiger partial charge in [0.05, 0.1) is 4.92 Å². The van der Waals surface area contributed by atoms with Crippen LogP contribution in [-0.4, -0.2) is 20.3 Å². The van der Waals surface area contributed by atoms with E-state index in [2.05, 4.69) is 5.16 Å². The van der Waals surface area contributed by atoms with Crippen molar-refractivity contribution in [3.8, 4) is 34.3 Å². The molecular weight excluding hydrogens is 318 g/mol. The molecule has 0 fully saturated rings. The zero-order valence-corrected chi connectivity index (χ0v) is 12.0. The molecule has 0 saturated carbocycles. The van der Waals surface area contributed by atoms with E-state index in [4.69, 9.17) is 15.0 Å². The molecule has 4 N–H and O–H groups in total. The Labute approximate surface area is 134 Å². The summed E-state index contributed by atoms with van der Waals surface area (Å²) in [6, 6.07) is 9.06. The van der Waals surface area contributed by atoms with Gasteiger partial charge in [-0.2, -0.15) is 0 Å². The van der Waals surface area contributed by atoms with Crippen LogP contribution in [0.1, 0.15) is 0 Å². The number of hydrogen-bond acceptors (Lipinski definition) is 8. The molecule has 2 aromatic carbocycles. The van der Waals surface area contributed by atoms with Crippen LogP contribution in [-0.2, 0) is 0 Å². The highest BCUT2D eigenvalue weighted by Gasteiger charge is 2.19. The number of anilines is 1. The van der Waals surface area contributed by atoms with Gasteiger partial charge in [-0.1, -0.05) is 5.16 Å². The number of aromatic hydroxyl groups is 2. The minimum Gasteiger partial charge on any atom is -0.508 e. The summed E-state index contributed by atoms with van der Waals surface area (Å²) < 4.78 is 10.6. The van der Waals surface area contributed by atoms with Crippen molar-refractivity contribution >= 4 is 11.5 Å². The predicted octanol–water partition coefficient (Wildman–Crippen LogP) is 3.04. The van der Waals surface area contributed by atoms with E-state index in [1.54, 1.807) is 0 Å². The summed E-state index contributed by atoms with van der Waals surface area (Å²) in [6.07, 6.45) is 0. The van der Waals surface area contributed by atoms with Crippen molar-refractivity contribution < 1.29 is 24.4 Å². The Morgan fingerprint density at radius 1 is 1.17 bits per heavy atom. The first kappa shape index (κ1) is 15.2.